The minimum atomic E-state index is -0.294. The minimum Gasteiger partial charge on any atom is -0.494 e. The van der Waals surface area contributed by atoms with Gasteiger partial charge in [-0.15, -0.1) is 0 Å². The Balaban J connectivity index is 2.37. The molecule has 1 atom stereocenters. The zero-order valence-corrected chi connectivity index (χ0v) is 12.1. The molecule has 4 heteroatoms. The van der Waals surface area contributed by atoms with Crippen molar-refractivity contribution < 1.29 is 4.74 Å². The fourth-order valence-electron chi connectivity index (χ4n) is 1.91. The molecule has 2 nitrogen and oxygen atoms in total. The van der Waals surface area contributed by atoms with Crippen molar-refractivity contribution in [2.24, 2.45) is 5.73 Å². The number of nitrogens with two attached hydrogens (primary N) is 1. The van der Waals surface area contributed by atoms with Gasteiger partial charge in [-0.2, -0.15) is 0 Å². The van der Waals surface area contributed by atoms with Crippen LogP contribution in [0.2, 0.25) is 10.0 Å². The van der Waals surface area contributed by atoms with Crippen LogP contribution in [0.25, 0.3) is 0 Å². The Morgan fingerprint density at radius 1 is 1.11 bits per heavy atom. The quantitative estimate of drug-likeness (QED) is 0.905. The standard InChI is InChI=1S/C15H15Cl2NO/c1-2-19-14-6-4-3-5-11(14)15(18)10-7-8-12(16)13(17)9-10/h3-9,15H,2,18H2,1H3. The molecule has 0 bridgehead atoms. The highest BCUT2D eigenvalue weighted by atomic mass is 35.5. The van der Waals surface area contributed by atoms with E-state index in [2.05, 4.69) is 0 Å². The van der Waals surface area contributed by atoms with Crippen molar-refractivity contribution in [1.29, 1.82) is 0 Å². The first-order valence-corrected chi connectivity index (χ1v) is 6.81. The fourth-order valence-corrected chi connectivity index (χ4v) is 2.22. The summed E-state index contributed by atoms with van der Waals surface area (Å²) in [6.45, 7) is 2.55. The third-order valence-corrected chi connectivity index (χ3v) is 3.60. The summed E-state index contributed by atoms with van der Waals surface area (Å²) in [6, 6.07) is 12.9. The fraction of sp³-hybridized carbons (Fsp3) is 0.200. The van der Waals surface area contributed by atoms with Crippen molar-refractivity contribution in [2.45, 2.75) is 13.0 Å². The van der Waals surface area contributed by atoms with Gasteiger partial charge in [0, 0.05) is 5.56 Å². The number of para-hydroxylation sites is 1. The predicted octanol–water partition coefficient (Wildman–Crippen LogP) is 4.44. The summed E-state index contributed by atoms with van der Waals surface area (Å²) in [5.74, 6) is 0.795. The first-order valence-electron chi connectivity index (χ1n) is 6.05. The van der Waals surface area contributed by atoms with Crippen LogP contribution in [0.4, 0.5) is 0 Å². The van der Waals surface area contributed by atoms with Crippen molar-refractivity contribution in [1.82, 2.24) is 0 Å². The zero-order valence-electron chi connectivity index (χ0n) is 10.6. The van der Waals surface area contributed by atoms with Gasteiger partial charge in [-0.05, 0) is 30.7 Å². The van der Waals surface area contributed by atoms with Gasteiger partial charge in [0.25, 0.3) is 0 Å². The molecule has 0 saturated heterocycles. The molecule has 0 amide bonds. The lowest BCUT2D eigenvalue weighted by atomic mass is 9.99. The summed E-state index contributed by atoms with van der Waals surface area (Å²) in [7, 11) is 0. The van der Waals surface area contributed by atoms with E-state index >= 15 is 0 Å². The van der Waals surface area contributed by atoms with E-state index < -0.39 is 0 Å². The topological polar surface area (TPSA) is 35.2 Å². The van der Waals surface area contributed by atoms with Crippen LogP contribution >= 0.6 is 23.2 Å². The van der Waals surface area contributed by atoms with Crippen LogP contribution in [-0.2, 0) is 0 Å². The van der Waals surface area contributed by atoms with Crippen LogP contribution in [0.3, 0.4) is 0 Å². The lowest BCUT2D eigenvalue weighted by Gasteiger charge is -2.17. The number of rotatable bonds is 4. The number of ether oxygens (including phenoxy) is 1. The molecule has 0 saturated carbocycles. The van der Waals surface area contributed by atoms with E-state index in [0.29, 0.717) is 16.7 Å². The van der Waals surface area contributed by atoms with Crippen molar-refractivity contribution >= 4 is 23.2 Å². The van der Waals surface area contributed by atoms with Gasteiger partial charge in [-0.3, -0.25) is 0 Å². The highest BCUT2D eigenvalue weighted by Crippen LogP contribution is 2.31. The van der Waals surface area contributed by atoms with E-state index in [1.807, 2.05) is 37.3 Å². The van der Waals surface area contributed by atoms with Gasteiger partial charge in [-0.25, -0.2) is 0 Å². The molecule has 0 radical (unpaired) electrons. The summed E-state index contributed by atoms with van der Waals surface area (Å²) in [5.41, 5.74) is 8.12. The van der Waals surface area contributed by atoms with Crippen molar-refractivity contribution in [3.05, 3.63) is 63.6 Å². The van der Waals surface area contributed by atoms with Gasteiger partial charge in [-0.1, -0.05) is 47.5 Å². The second-order valence-electron chi connectivity index (χ2n) is 4.12. The van der Waals surface area contributed by atoms with E-state index in [4.69, 9.17) is 33.7 Å². The molecule has 0 heterocycles. The number of hydrogen-bond donors (Lipinski definition) is 1. The van der Waals surface area contributed by atoms with Gasteiger partial charge in [0.05, 0.1) is 22.7 Å². The van der Waals surface area contributed by atoms with Gasteiger partial charge < -0.3 is 10.5 Å². The molecule has 0 aliphatic heterocycles. The highest BCUT2D eigenvalue weighted by molar-refractivity contribution is 6.42. The summed E-state index contributed by atoms with van der Waals surface area (Å²) < 4.78 is 5.59. The maximum atomic E-state index is 6.28. The third-order valence-electron chi connectivity index (χ3n) is 2.86. The molecular weight excluding hydrogens is 281 g/mol. The van der Waals surface area contributed by atoms with Crippen LogP contribution < -0.4 is 10.5 Å². The molecule has 2 aromatic carbocycles. The van der Waals surface area contributed by atoms with E-state index in [1.165, 1.54) is 0 Å². The molecule has 0 spiro atoms. The normalized spacial score (nSPS) is 12.2. The Morgan fingerprint density at radius 3 is 2.53 bits per heavy atom. The molecular formula is C15H15Cl2NO. The summed E-state index contributed by atoms with van der Waals surface area (Å²) in [5, 5.41) is 1.03. The Morgan fingerprint density at radius 2 is 1.84 bits per heavy atom. The van der Waals surface area contributed by atoms with Gasteiger partial charge in [0.15, 0.2) is 0 Å². The average molecular weight is 296 g/mol. The third kappa shape index (κ3) is 3.21. The first-order chi connectivity index (χ1) is 9.13. The lowest BCUT2D eigenvalue weighted by Crippen LogP contribution is -2.13. The number of hydrogen-bond acceptors (Lipinski definition) is 2. The van der Waals surface area contributed by atoms with Crippen molar-refractivity contribution in [3.8, 4) is 5.75 Å². The minimum absolute atomic E-state index is 0.294. The van der Waals surface area contributed by atoms with E-state index in [0.717, 1.165) is 16.9 Å². The molecule has 2 rings (SSSR count). The van der Waals surface area contributed by atoms with Crippen LogP contribution in [0, 0.1) is 0 Å². The largest absolute Gasteiger partial charge is 0.494 e. The predicted molar refractivity (Wildman–Crippen MR) is 80.1 cm³/mol. The monoisotopic (exact) mass is 295 g/mol. The molecule has 19 heavy (non-hydrogen) atoms. The van der Waals surface area contributed by atoms with Gasteiger partial charge in [0.2, 0.25) is 0 Å². The molecule has 2 N–H and O–H groups in total. The zero-order chi connectivity index (χ0) is 13.8. The first kappa shape index (κ1) is 14.2. The molecule has 100 valence electrons. The summed E-state index contributed by atoms with van der Waals surface area (Å²) in [4.78, 5) is 0. The van der Waals surface area contributed by atoms with Crippen LogP contribution in [-0.4, -0.2) is 6.61 Å². The van der Waals surface area contributed by atoms with E-state index in [9.17, 15) is 0 Å². The molecule has 2 aromatic rings. The molecule has 0 aromatic heterocycles. The number of halogens is 2. The maximum Gasteiger partial charge on any atom is 0.124 e. The highest BCUT2D eigenvalue weighted by Gasteiger charge is 2.14. The lowest BCUT2D eigenvalue weighted by molar-refractivity contribution is 0.335. The van der Waals surface area contributed by atoms with E-state index in [-0.39, 0.29) is 6.04 Å². The SMILES string of the molecule is CCOc1ccccc1C(N)c1ccc(Cl)c(Cl)c1. The molecule has 1 unspecified atom stereocenters. The van der Waals surface area contributed by atoms with Gasteiger partial charge in [0.1, 0.15) is 5.75 Å². The molecule has 0 aliphatic carbocycles. The average Bonchev–Trinajstić information content (AvgIpc) is 2.42. The maximum absolute atomic E-state index is 6.28. The second-order valence-corrected chi connectivity index (χ2v) is 4.94. The van der Waals surface area contributed by atoms with Crippen LogP contribution in [0.5, 0.6) is 5.75 Å². The number of benzene rings is 2. The Labute approximate surface area is 123 Å². The van der Waals surface area contributed by atoms with Crippen molar-refractivity contribution in [3.63, 3.8) is 0 Å². The van der Waals surface area contributed by atoms with Crippen LogP contribution in [0.15, 0.2) is 42.5 Å². The second kappa shape index (κ2) is 6.29. The molecule has 0 fully saturated rings. The Bertz CT molecular complexity index is 572. The smallest absolute Gasteiger partial charge is 0.124 e. The van der Waals surface area contributed by atoms with E-state index in [1.54, 1.807) is 12.1 Å². The van der Waals surface area contributed by atoms with Gasteiger partial charge >= 0.3 is 0 Å². The summed E-state index contributed by atoms with van der Waals surface area (Å²) >= 11 is 11.9. The Hall–Kier alpha value is -1.22. The Kier molecular flexibility index (Phi) is 4.70. The van der Waals surface area contributed by atoms with Crippen molar-refractivity contribution in [2.75, 3.05) is 6.61 Å². The molecule has 0 aliphatic rings. The summed E-state index contributed by atoms with van der Waals surface area (Å²) in [6.07, 6.45) is 0. The van der Waals surface area contributed by atoms with Crippen LogP contribution in [0.1, 0.15) is 24.1 Å².